The van der Waals surface area contributed by atoms with Crippen molar-refractivity contribution in [3.8, 4) is 0 Å². The molecule has 0 heterocycles. The lowest BCUT2D eigenvalue weighted by molar-refractivity contribution is -0.544. The van der Waals surface area contributed by atoms with Gasteiger partial charge in [0, 0.05) is 0 Å². The summed E-state index contributed by atoms with van der Waals surface area (Å²) in [7, 11) is 0. The summed E-state index contributed by atoms with van der Waals surface area (Å²) in [5, 5.41) is -4.67. The molecule has 0 aromatic rings. The second-order valence-electron chi connectivity index (χ2n) is 4.81. The molecule has 0 unspecified atom stereocenters. The van der Waals surface area contributed by atoms with Crippen LogP contribution in [0.4, 0.5) is 74.7 Å². The Hall–Kier alpha value is -1.23. The van der Waals surface area contributed by atoms with Gasteiger partial charge >= 0.3 is 47.6 Å². The van der Waals surface area contributed by atoms with E-state index in [1.165, 1.54) is 0 Å². The molecular formula is C8F17N. The summed E-state index contributed by atoms with van der Waals surface area (Å²) in [6.07, 6.45) is -7.60. The Bertz CT molecular complexity index is 542. The van der Waals surface area contributed by atoms with Crippen LogP contribution in [0.5, 0.6) is 0 Å². The molecule has 0 atom stereocenters. The van der Waals surface area contributed by atoms with Gasteiger partial charge in [-0.2, -0.15) is 65.9 Å². The van der Waals surface area contributed by atoms with E-state index in [-0.39, 0.29) is 0 Å². The minimum absolute atomic E-state index is 4.67. The van der Waals surface area contributed by atoms with E-state index in [9.17, 15) is 74.7 Å². The lowest BCUT2D eigenvalue weighted by Crippen LogP contribution is -2.87. The minimum atomic E-state index is -8.26. The first kappa shape index (κ1) is 22.8. The molecule has 18 heteroatoms. The monoisotopic (exact) mass is 433 g/mol. The van der Waals surface area contributed by atoms with Crippen molar-refractivity contribution in [1.29, 1.82) is 0 Å². The van der Waals surface area contributed by atoms with Gasteiger partial charge < -0.3 is 0 Å². The van der Waals surface area contributed by atoms with Crippen LogP contribution < -0.4 is 0 Å². The molecule has 1 rings (SSSR count). The molecule has 156 valence electrons. The molecule has 0 amide bonds. The van der Waals surface area contributed by atoms with Crippen LogP contribution in [0.25, 0.3) is 0 Å². The van der Waals surface area contributed by atoms with Gasteiger partial charge in [-0.25, -0.2) is 4.39 Å². The highest BCUT2D eigenvalue weighted by molar-refractivity contribution is 5.25. The topological polar surface area (TPSA) is 3.24 Å². The average Bonchev–Trinajstić information content (AvgIpc) is 2.41. The van der Waals surface area contributed by atoms with Crippen molar-refractivity contribution in [3.63, 3.8) is 0 Å². The van der Waals surface area contributed by atoms with E-state index < -0.39 is 52.8 Å². The fraction of sp³-hybridized carbons (Fsp3) is 1.00. The van der Waals surface area contributed by atoms with Crippen LogP contribution in [0.3, 0.4) is 0 Å². The zero-order valence-corrected chi connectivity index (χ0v) is 10.9. The molecule has 1 nitrogen and oxygen atoms in total. The van der Waals surface area contributed by atoms with Crippen molar-refractivity contribution in [2.75, 3.05) is 0 Å². The molecular weight excluding hydrogens is 433 g/mol. The van der Waals surface area contributed by atoms with E-state index in [0.717, 1.165) is 0 Å². The maximum absolute atomic E-state index is 13.7. The summed E-state index contributed by atoms with van der Waals surface area (Å²) in [6, 6.07) is -7.84. The lowest BCUT2D eigenvalue weighted by Gasteiger charge is -2.53. The fourth-order valence-corrected chi connectivity index (χ4v) is 1.76. The average molecular weight is 433 g/mol. The third kappa shape index (κ3) is 1.98. The Balaban J connectivity index is 3.94. The second-order valence-corrected chi connectivity index (χ2v) is 4.81. The van der Waals surface area contributed by atoms with Gasteiger partial charge in [0.1, 0.15) is 0 Å². The highest BCUT2D eigenvalue weighted by Gasteiger charge is 3.04. The molecule has 0 bridgehead atoms. The van der Waals surface area contributed by atoms with Crippen LogP contribution in [0, 0.1) is 0 Å². The van der Waals surface area contributed by atoms with Gasteiger partial charge in [-0.3, -0.25) is 0 Å². The Kier molecular flexibility index (Phi) is 4.36. The molecule has 0 N–H and O–H groups in total. The van der Waals surface area contributed by atoms with Crippen LogP contribution >= 0.6 is 0 Å². The normalized spacial score (nSPS) is 28.8. The molecule has 1 aliphatic carbocycles. The maximum Gasteiger partial charge on any atom is 0.471 e. The number of halogens is 17. The van der Waals surface area contributed by atoms with Crippen LogP contribution in [0.1, 0.15) is 0 Å². The summed E-state index contributed by atoms with van der Waals surface area (Å²) in [6.45, 7) is 0. The molecule has 1 saturated carbocycles. The van der Waals surface area contributed by atoms with Gasteiger partial charge in [0.15, 0.2) is 0 Å². The van der Waals surface area contributed by atoms with Crippen molar-refractivity contribution in [3.05, 3.63) is 0 Å². The summed E-state index contributed by atoms with van der Waals surface area (Å²) < 4.78 is 217. The molecule has 0 radical (unpaired) electrons. The van der Waals surface area contributed by atoms with Crippen LogP contribution in [0.15, 0.2) is 0 Å². The molecule has 1 aliphatic rings. The second kappa shape index (κ2) is 4.98. The number of alkyl halides is 16. The summed E-state index contributed by atoms with van der Waals surface area (Å²) in [5.74, 6) is -48.6. The quantitative estimate of drug-likeness (QED) is 0.330. The number of nitrogens with zero attached hydrogens (tertiary/aromatic N) is 1. The number of rotatable bonds is 2. The highest BCUT2D eigenvalue weighted by Crippen LogP contribution is 2.71. The van der Waals surface area contributed by atoms with Crippen LogP contribution in [-0.4, -0.2) is 52.8 Å². The van der Waals surface area contributed by atoms with Gasteiger partial charge in [-0.05, 0) is 5.12 Å². The predicted molar refractivity (Wildman–Crippen MR) is 42.5 cm³/mol. The third-order valence-electron chi connectivity index (χ3n) is 3.27. The van der Waals surface area contributed by atoms with Gasteiger partial charge in [0.25, 0.3) is 0 Å². The number of hydrogen-bond donors (Lipinski definition) is 0. The Morgan fingerprint density at radius 2 is 0.692 bits per heavy atom. The largest absolute Gasteiger partial charge is 0.471 e. The molecule has 0 saturated heterocycles. The van der Waals surface area contributed by atoms with E-state index in [1.807, 2.05) is 0 Å². The summed E-state index contributed by atoms with van der Waals surface area (Å²) >= 11 is 0. The first-order valence-corrected chi connectivity index (χ1v) is 5.39. The first-order chi connectivity index (χ1) is 10.9. The zero-order valence-electron chi connectivity index (χ0n) is 10.9. The highest BCUT2D eigenvalue weighted by atomic mass is 19.4. The Labute approximate surface area is 129 Å². The predicted octanol–water partition coefficient (Wildman–Crippen LogP) is 5.18. The minimum Gasteiger partial charge on any atom is -0.209 e. The lowest BCUT2D eigenvalue weighted by atomic mass is 9.76. The van der Waals surface area contributed by atoms with E-state index in [1.54, 1.807) is 0 Å². The Morgan fingerprint density at radius 3 is 0.923 bits per heavy atom. The summed E-state index contributed by atoms with van der Waals surface area (Å²) in [5.41, 5.74) is 0. The van der Waals surface area contributed by atoms with Crippen molar-refractivity contribution in [2.24, 2.45) is 0 Å². The molecule has 0 spiro atoms. The van der Waals surface area contributed by atoms with E-state index in [2.05, 4.69) is 0 Å². The first-order valence-electron chi connectivity index (χ1n) is 5.39. The van der Waals surface area contributed by atoms with Crippen molar-refractivity contribution >= 4 is 0 Å². The van der Waals surface area contributed by atoms with Crippen LogP contribution in [-0.2, 0) is 0 Å². The third-order valence-corrected chi connectivity index (χ3v) is 3.27. The summed E-state index contributed by atoms with van der Waals surface area (Å²) in [4.78, 5) is 0. The SMILES string of the molecule is FN(C(F)(F)C(F)(F)F)C1(F)C(F)(F)C(F)(F)C(F)(F)C(F)(F)C1(F)F. The zero-order chi connectivity index (χ0) is 21.6. The van der Waals surface area contributed by atoms with Crippen LogP contribution in [0.2, 0.25) is 0 Å². The van der Waals surface area contributed by atoms with Crippen molar-refractivity contribution in [1.82, 2.24) is 5.12 Å². The fourth-order valence-electron chi connectivity index (χ4n) is 1.76. The van der Waals surface area contributed by atoms with Crippen molar-refractivity contribution in [2.45, 2.75) is 47.6 Å². The van der Waals surface area contributed by atoms with Gasteiger partial charge in [-0.15, -0.1) is 4.48 Å². The van der Waals surface area contributed by atoms with Crippen molar-refractivity contribution < 1.29 is 74.7 Å². The Morgan fingerprint density at radius 1 is 0.462 bits per heavy atom. The van der Waals surface area contributed by atoms with E-state index >= 15 is 0 Å². The number of hydrogen-bond acceptors (Lipinski definition) is 1. The molecule has 0 aromatic heterocycles. The molecule has 26 heavy (non-hydrogen) atoms. The smallest absolute Gasteiger partial charge is 0.209 e. The molecule has 1 fully saturated rings. The van der Waals surface area contributed by atoms with Gasteiger partial charge in [-0.1, -0.05) is 0 Å². The molecule has 0 aromatic carbocycles. The maximum atomic E-state index is 13.7. The standard InChI is InChI=1S/C8F17N/c9-1(10)2(11,12)4(15,16)6(19,5(17,18)3(1,13)14)26(25)8(23,24)7(20,21)22. The molecule has 0 aliphatic heterocycles. The van der Waals surface area contributed by atoms with Gasteiger partial charge in [0.2, 0.25) is 0 Å². The van der Waals surface area contributed by atoms with E-state index in [0.29, 0.717) is 0 Å². The van der Waals surface area contributed by atoms with Gasteiger partial charge in [0.05, 0.1) is 0 Å². The van der Waals surface area contributed by atoms with E-state index in [4.69, 9.17) is 0 Å².